The molecule has 2 aromatic rings. The molecule has 0 radical (unpaired) electrons. The number of piperidine rings is 1. The summed E-state index contributed by atoms with van der Waals surface area (Å²) in [7, 11) is 0. The van der Waals surface area contributed by atoms with Gasteiger partial charge in [-0.2, -0.15) is 13.2 Å². The predicted molar refractivity (Wildman–Crippen MR) is 81.5 cm³/mol. The van der Waals surface area contributed by atoms with Crippen molar-refractivity contribution in [2.75, 3.05) is 18.0 Å². The lowest BCUT2D eigenvalue weighted by Gasteiger charge is -2.33. The van der Waals surface area contributed by atoms with Crippen LogP contribution < -0.4 is 9.64 Å². The van der Waals surface area contributed by atoms with Crippen molar-refractivity contribution in [3.05, 3.63) is 54.4 Å². The van der Waals surface area contributed by atoms with Crippen LogP contribution in [0.5, 0.6) is 5.75 Å². The molecule has 0 amide bonds. The molecule has 1 aliphatic rings. The first kappa shape index (κ1) is 15.6. The lowest BCUT2D eigenvalue weighted by molar-refractivity contribution is -0.137. The third kappa shape index (κ3) is 3.94. The van der Waals surface area contributed by atoms with Gasteiger partial charge in [0, 0.05) is 44.0 Å². The zero-order valence-corrected chi connectivity index (χ0v) is 12.5. The molecule has 0 saturated carbocycles. The number of benzene rings is 1. The van der Waals surface area contributed by atoms with Gasteiger partial charge in [0.05, 0.1) is 5.56 Å². The molecule has 1 aromatic heterocycles. The minimum absolute atomic E-state index is 0.128. The Balaban J connectivity index is 1.56. The van der Waals surface area contributed by atoms with Crippen molar-refractivity contribution in [2.24, 2.45) is 0 Å². The minimum Gasteiger partial charge on any atom is -0.490 e. The van der Waals surface area contributed by atoms with Crippen molar-refractivity contribution in [3.63, 3.8) is 0 Å². The van der Waals surface area contributed by atoms with Crippen LogP contribution in [0, 0.1) is 0 Å². The van der Waals surface area contributed by atoms with Gasteiger partial charge >= 0.3 is 6.18 Å². The van der Waals surface area contributed by atoms with Gasteiger partial charge in [0.25, 0.3) is 0 Å². The molecule has 2 heterocycles. The average Bonchev–Trinajstić information content (AvgIpc) is 2.56. The van der Waals surface area contributed by atoms with Crippen molar-refractivity contribution < 1.29 is 17.9 Å². The van der Waals surface area contributed by atoms with Crippen LogP contribution in [0.25, 0.3) is 0 Å². The number of anilines is 1. The smallest absolute Gasteiger partial charge is 0.416 e. The van der Waals surface area contributed by atoms with E-state index in [0.29, 0.717) is 0 Å². The van der Waals surface area contributed by atoms with Gasteiger partial charge in [0.1, 0.15) is 11.9 Å². The Morgan fingerprint density at radius 3 is 2.13 bits per heavy atom. The van der Waals surface area contributed by atoms with Crippen molar-refractivity contribution in [3.8, 4) is 5.75 Å². The van der Waals surface area contributed by atoms with Gasteiger partial charge in [-0.05, 0) is 36.4 Å². The van der Waals surface area contributed by atoms with Crippen LogP contribution in [-0.4, -0.2) is 24.2 Å². The molecule has 0 unspecified atom stereocenters. The van der Waals surface area contributed by atoms with E-state index in [1.165, 1.54) is 12.1 Å². The van der Waals surface area contributed by atoms with Gasteiger partial charge in [0.2, 0.25) is 0 Å². The molecule has 1 aliphatic heterocycles. The molecule has 1 aromatic carbocycles. The van der Waals surface area contributed by atoms with Crippen molar-refractivity contribution >= 4 is 5.69 Å². The Hall–Kier alpha value is -2.24. The van der Waals surface area contributed by atoms with E-state index in [4.69, 9.17) is 4.74 Å². The van der Waals surface area contributed by atoms with E-state index in [-0.39, 0.29) is 6.10 Å². The molecular weight excluding hydrogens is 305 g/mol. The summed E-state index contributed by atoms with van der Waals surface area (Å²) >= 11 is 0. The van der Waals surface area contributed by atoms with E-state index in [1.807, 2.05) is 12.1 Å². The van der Waals surface area contributed by atoms with E-state index < -0.39 is 11.7 Å². The van der Waals surface area contributed by atoms with Gasteiger partial charge in [-0.25, -0.2) is 0 Å². The first-order valence-electron chi connectivity index (χ1n) is 7.51. The Bertz CT molecular complexity index is 621. The van der Waals surface area contributed by atoms with E-state index in [0.717, 1.165) is 49.5 Å². The fraction of sp³-hybridized carbons (Fsp3) is 0.353. The molecule has 0 spiro atoms. The molecule has 3 rings (SSSR count). The number of ether oxygens (including phenoxy) is 1. The lowest BCUT2D eigenvalue weighted by Crippen LogP contribution is -2.38. The molecule has 3 nitrogen and oxygen atoms in total. The SMILES string of the molecule is FC(F)(F)c1ccc(N2CCC(Oc3ccncc3)CC2)cc1. The number of nitrogens with zero attached hydrogens (tertiary/aromatic N) is 2. The van der Waals surface area contributed by atoms with E-state index >= 15 is 0 Å². The molecule has 1 saturated heterocycles. The largest absolute Gasteiger partial charge is 0.490 e. The first-order chi connectivity index (χ1) is 11.0. The maximum absolute atomic E-state index is 12.6. The van der Waals surface area contributed by atoms with Gasteiger partial charge < -0.3 is 9.64 Å². The van der Waals surface area contributed by atoms with Crippen LogP contribution in [0.3, 0.4) is 0 Å². The molecule has 122 valence electrons. The van der Waals surface area contributed by atoms with Crippen LogP contribution in [0.15, 0.2) is 48.8 Å². The quantitative estimate of drug-likeness (QED) is 0.849. The number of rotatable bonds is 3. The second-order valence-corrected chi connectivity index (χ2v) is 5.53. The number of hydrogen-bond acceptors (Lipinski definition) is 3. The summed E-state index contributed by atoms with van der Waals surface area (Å²) in [5.74, 6) is 0.799. The molecule has 1 fully saturated rings. The summed E-state index contributed by atoms with van der Waals surface area (Å²) < 4.78 is 43.6. The third-order valence-electron chi connectivity index (χ3n) is 3.95. The number of pyridine rings is 1. The number of halogens is 3. The topological polar surface area (TPSA) is 25.4 Å². The van der Waals surface area contributed by atoms with Crippen molar-refractivity contribution in [1.82, 2.24) is 4.98 Å². The second-order valence-electron chi connectivity index (χ2n) is 5.53. The molecule has 0 aliphatic carbocycles. The number of alkyl halides is 3. The highest BCUT2D eigenvalue weighted by Gasteiger charge is 2.30. The fourth-order valence-electron chi connectivity index (χ4n) is 2.70. The molecule has 23 heavy (non-hydrogen) atoms. The molecule has 0 bridgehead atoms. The Labute approximate surface area is 132 Å². The maximum atomic E-state index is 12.6. The number of aromatic nitrogens is 1. The van der Waals surface area contributed by atoms with Crippen LogP contribution in [0.2, 0.25) is 0 Å². The maximum Gasteiger partial charge on any atom is 0.416 e. The summed E-state index contributed by atoms with van der Waals surface area (Å²) in [5.41, 5.74) is 0.206. The molecular formula is C17H17F3N2O. The average molecular weight is 322 g/mol. The fourth-order valence-corrected chi connectivity index (χ4v) is 2.70. The molecule has 6 heteroatoms. The van der Waals surface area contributed by atoms with Gasteiger partial charge in [-0.3, -0.25) is 4.98 Å². The van der Waals surface area contributed by atoms with Gasteiger partial charge in [-0.15, -0.1) is 0 Å². The van der Waals surface area contributed by atoms with Crippen LogP contribution in [0.4, 0.5) is 18.9 Å². The highest BCUT2D eigenvalue weighted by Crippen LogP contribution is 2.31. The minimum atomic E-state index is -4.29. The Morgan fingerprint density at radius 1 is 0.957 bits per heavy atom. The van der Waals surface area contributed by atoms with E-state index in [2.05, 4.69) is 9.88 Å². The molecule has 0 atom stereocenters. The van der Waals surface area contributed by atoms with Crippen LogP contribution in [-0.2, 0) is 6.18 Å². The summed E-state index contributed by atoms with van der Waals surface area (Å²) in [6.45, 7) is 1.53. The van der Waals surface area contributed by atoms with Crippen LogP contribution in [0.1, 0.15) is 18.4 Å². The third-order valence-corrected chi connectivity index (χ3v) is 3.95. The first-order valence-corrected chi connectivity index (χ1v) is 7.51. The van der Waals surface area contributed by atoms with Gasteiger partial charge in [0.15, 0.2) is 0 Å². The monoisotopic (exact) mass is 322 g/mol. The molecule has 0 N–H and O–H groups in total. The number of hydrogen-bond donors (Lipinski definition) is 0. The summed E-state index contributed by atoms with van der Waals surface area (Å²) in [6.07, 6.45) is 0.888. The summed E-state index contributed by atoms with van der Waals surface area (Å²) in [4.78, 5) is 6.04. The van der Waals surface area contributed by atoms with E-state index in [1.54, 1.807) is 12.4 Å². The predicted octanol–water partition coefficient (Wildman–Crippen LogP) is 4.15. The standard InChI is InChI=1S/C17H17F3N2O/c18-17(19,20)13-1-3-14(4-2-13)22-11-7-16(8-12-22)23-15-5-9-21-10-6-15/h1-6,9-10,16H,7-8,11-12H2. The Morgan fingerprint density at radius 2 is 1.57 bits per heavy atom. The summed E-state index contributed by atoms with van der Waals surface area (Å²) in [5, 5.41) is 0. The zero-order chi connectivity index (χ0) is 16.3. The van der Waals surface area contributed by atoms with Crippen molar-refractivity contribution in [2.45, 2.75) is 25.1 Å². The highest BCUT2D eigenvalue weighted by atomic mass is 19.4. The van der Waals surface area contributed by atoms with E-state index in [9.17, 15) is 13.2 Å². The van der Waals surface area contributed by atoms with Gasteiger partial charge in [-0.1, -0.05) is 0 Å². The lowest BCUT2D eigenvalue weighted by atomic mass is 10.1. The zero-order valence-electron chi connectivity index (χ0n) is 12.5. The highest BCUT2D eigenvalue weighted by molar-refractivity contribution is 5.48. The Kier molecular flexibility index (Phi) is 4.41. The normalized spacial score (nSPS) is 16.4. The summed E-state index contributed by atoms with van der Waals surface area (Å²) in [6, 6.07) is 8.98. The van der Waals surface area contributed by atoms with Crippen molar-refractivity contribution in [1.29, 1.82) is 0 Å². The second kappa shape index (κ2) is 6.48. The van der Waals surface area contributed by atoms with Crippen LogP contribution >= 0.6 is 0 Å².